The number of benzene rings is 1. The Morgan fingerprint density at radius 3 is 2.63 bits per heavy atom. The summed E-state index contributed by atoms with van der Waals surface area (Å²) < 4.78 is 2.26. The van der Waals surface area contributed by atoms with Gasteiger partial charge < -0.3 is 9.88 Å². The third kappa shape index (κ3) is 3.97. The van der Waals surface area contributed by atoms with Crippen LogP contribution in [-0.2, 0) is 13.1 Å². The lowest BCUT2D eigenvalue weighted by molar-refractivity contribution is 0.673. The third-order valence-electron chi connectivity index (χ3n) is 3.50. The predicted molar refractivity (Wildman–Crippen MR) is 81.4 cm³/mol. The summed E-state index contributed by atoms with van der Waals surface area (Å²) in [6.07, 6.45) is 5.58. The summed E-state index contributed by atoms with van der Waals surface area (Å²) >= 11 is 0. The molecule has 19 heavy (non-hydrogen) atoms. The molecule has 1 aromatic heterocycles. The van der Waals surface area contributed by atoms with Crippen LogP contribution in [0.15, 0.2) is 36.7 Å². The summed E-state index contributed by atoms with van der Waals surface area (Å²) in [6, 6.07) is 8.91. The Hall–Kier alpha value is -1.54. The molecule has 0 bridgehead atoms. The first kappa shape index (κ1) is 13.9. The van der Waals surface area contributed by atoms with E-state index in [1.807, 2.05) is 0 Å². The zero-order valence-corrected chi connectivity index (χ0v) is 12.2. The first-order valence-electron chi connectivity index (χ1n) is 7.10. The van der Waals surface area contributed by atoms with Gasteiger partial charge in [0, 0.05) is 25.5 Å². The smallest absolute Gasteiger partial charge is 0.0470 e. The van der Waals surface area contributed by atoms with Crippen molar-refractivity contribution in [3.63, 3.8) is 0 Å². The van der Waals surface area contributed by atoms with Crippen LogP contribution in [0, 0.1) is 13.8 Å². The van der Waals surface area contributed by atoms with Gasteiger partial charge in [-0.1, -0.05) is 25.1 Å². The van der Waals surface area contributed by atoms with Crippen molar-refractivity contribution in [1.29, 1.82) is 0 Å². The van der Waals surface area contributed by atoms with Gasteiger partial charge in [0.05, 0.1) is 0 Å². The highest BCUT2D eigenvalue weighted by Crippen LogP contribution is 2.12. The minimum absolute atomic E-state index is 0.953. The van der Waals surface area contributed by atoms with Crippen molar-refractivity contribution in [3.8, 4) is 0 Å². The summed E-state index contributed by atoms with van der Waals surface area (Å²) in [5.41, 5.74) is 5.46. The molecule has 2 aromatic rings. The van der Waals surface area contributed by atoms with Crippen molar-refractivity contribution >= 4 is 0 Å². The van der Waals surface area contributed by atoms with Crippen molar-refractivity contribution in [3.05, 3.63) is 58.9 Å². The van der Waals surface area contributed by atoms with Gasteiger partial charge in [-0.25, -0.2) is 0 Å². The van der Waals surface area contributed by atoms with Crippen LogP contribution < -0.4 is 5.32 Å². The highest BCUT2D eigenvalue weighted by molar-refractivity contribution is 5.30. The molecule has 0 fully saturated rings. The largest absolute Gasteiger partial charge is 0.350 e. The highest BCUT2D eigenvalue weighted by Gasteiger charge is 2.00. The van der Waals surface area contributed by atoms with Gasteiger partial charge in [-0.05, 0) is 55.1 Å². The van der Waals surface area contributed by atoms with Crippen LogP contribution in [0.1, 0.15) is 35.6 Å². The van der Waals surface area contributed by atoms with Gasteiger partial charge in [0.15, 0.2) is 0 Å². The number of rotatable bonds is 6. The van der Waals surface area contributed by atoms with Crippen LogP contribution in [0.2, 0.25) is 0 Å². The predicted octanol–water partition coefficient (Wildman–Crippen LogP) is 3.65. The summed E-state index contributed by atoms with van der Waals surface area (Å²) in [5.74, 6) is 0. The lowest BCUT2D eigenvalue weighted by Gasteiger charge is -2.06. The van der Waals surface area contributed by atoms with Crippen LogP contribution >= 0.6 is 0 Å². The summed E-state index contributed by atoms with van der Waals surface area (Å²) in [6.45, 7) is 9.53. The van der Waals surface area contributed by atoms with E-state index in [9.17, 15) is 0 Å². The molecule has 2 nitrogen and oxygen atoms in total. The van der Waals surface area contributed by atoms with Gasteiger partial charge >= 0.3 is 0 Å². The van der Waals surface area contributed by atoms with Crippen molar-refractivity contribution in [2.75, 3.05) is 6.54 Å². The molecule has 2 heteroatoms. The van der Waals surface area contributed by atoms with Crippen molar-refractivity contribution in [2.24, 2.45) is 0 Å². The molecule has 0 radical (unpaired) electrons. The normalized spacial score (nSPS) is 10.9. The van der Waals surface area contributed by atoms with Gasteiger partial charge in [-0.3, -0.25) is 0 Å². The molecule has 1 heterocycles. The second-order valence-electron chi connectivity index (χ2n) is 5.29. The standard InChI is InChI=1S/C17H24N2/c1-4-8-18-11-17-7-9-19(13-17)12-16-6-5-14(2)15(3)10-16/h5-7,9-10,13,18H,4,8,11-12H2,1-3H3. The minimum atomic E-state index is 0.953. The fourth-order valence-corrected chi connectivity index (χ4v) is 2.22. The van der Waals surface area contributed by atoms with E-state index in [1.165, 1.54) is 28.7 Å². The monoisotopic (exact) mass is 256 g/mol. The third-order valence-corrected chi connectivity index (χ3v) is 3.50. The molecule has 0 aliphatic rings. The Balaban J connectivity index is 1.97. The van der Waals surface area contributed by atoms with Crippen LogP contribution in [0.25, 0.3) is 0 Å². The lowest BCUT2D eigenvalue weighted by atomic mass is 10.1. The van der Waals surface area contributed by atoms with E-state index in [-0.39, 0.29) is 0 Å². The lowest BCUT2D eigenvalue weighted by Crippen LogP contribution is -2.13. The maximum atomic E-state index is 3.43. The quantitative estimate of drug-likeness (QED) is 0.781. The van der Waals surface area contributed by atoms with E-state index in [1.54, 1.807) is 0 Å². The van der Waals surface area contributed by atoms with E-state index in [2.05, 4.69) is 67.3 Å². The molecule has 0 atom stereocenters. The van der Waals surface area contributed by atoms with E-state index in [4.69, 9.17) is 0 Å². The Morgan fingerprint density at radius 1 is 1.05 bits per heavy atom. The Kier molecular flexibility index (Phi) is 4.80. The molecular formula is C17H24N2. The average molecular weight is 256 g/mol. The second kappa shape index (κ2) is 6.58. The fraction of sp³-hybridized carbons (Fsp3) is 0.412. The average Bonchev–Trinajstić information content (AvgIpc) is 2.82. The van der Waals surface area contributed by atoms with Gasteiger partial charge in [-0.2, -0.15) is 0 Å². The molecule has 0 aliphatic carbocycles. The van der Waals surface area contributed by atoms with E-state index in [0.29, 0.717) is 0 Å². The van der Waals surface area contributed by atoms with Crippen LogP contribution in [-0.4, -0.2) is 11.1 Å². The molecule has 0 saturated heterocycles. The number of aryl methyl sites for hydroxylation is 2. The van der Waals surface area contributed by atoms with Gasteiger partial charge in [0.25, 0.3) is 0 Å². The number of nitrogens with zero attached hydrogens (tertiary/aromatic N) is 1. The van der Waals surface area contributed by atoms with Crippen LogP contribution in [0.5, 0.6) is 0 Å². The molecule has 0 saturated carbocycles. The maximum Gasteiger partial charge on any atom is 0.0470 e. The first-order valence-corrected chi connectivity index (χ1v) is 7.10. The van der Waals surface area contributed by atoms with Crippen molar-refractivity contribution in [2.45, 2.75) is 40.3 Å². The molecule has 0 unspecified atom stereocenters. The number of nitrogens with one attached hydrogen (secondary N) is 1. The Labute approximate surface area is 116 Å². The number of hydrogen-bond donors (Lipinski definition) is 1. The zero-order chi connectivity index (χ0) is 13.7. The molecule has 1 N–H and O–H groups in total. The van der Waals surface area contributed by atoms with E-state index >= 15 is 0 Å². The van der Waals surface area contributed by atoms with E-state index in [0.717, 1.165) is 19.6 Å². The van der Waals surface area contributed by atoms with Crippen LogP contribution in [0.4, 0.5) is 0 Å². The first-order chi connectivity index (χ1) is 9.19. The topological polar surface area (TPSA) is 17.0 Å². The molecule has 0 aliphatic heterocycles. The number of hydrogen-bond acceptors (Lipinski definition) is 1. The summed E-state index contributed by atoms with van der Waals surface area (Å²) in [5, 5.41) is 3.43. The molecule has 2 rings (SSSR count). The maximum absolute atomic E-state index is 3.43. The highest BCUT2D eigenvalue weighted by atomic mass is 14.9. The van der Waals surface area contributed by atoms with Crippen LogP contribution in [0.3, 0.4) is 0 Å². The molecular weight excluding hydrogens is 232 g/mol. The van der Waals surface area contributed by atoms with Gasteiger partial charge in [-0.15, -0.1) is 0 Å². The molecule has 0 amide bonds. The van der Waals surface area contributed by atoms with Crippen molar-refractivity contribution < 1.29 is 0 Å². The van der Waals surface area contributed by atoms with Gasteiger partial charge in [0.1, 0.15) is 0 Å². The Morgan fingerprint density at radius 2 is 1.89 bits per heavy atom. The summed E-state index contributed by atoms with van der Waals surface area (Å²) in [7, 11) is 0. The zero-order valence-electron chi connectivity index (χ0n) is 12.2. The van der Waals surface area contributed by atoms with Gasteiger partial charge in [0.2, 0.25) is 0 Å². The minimum Gasteiger partial charge on any atom is -0.350 e. The fourth-order valence-electron chi connectivity index (χ4n) is 2.22. The molecule has 1 aromatic carbocycles. The second-order valence-corrected chi connectivity index (χ2v) is 5.29. The Bertz CT molecular complexity index is 526. The van der Waals surface area contributed by atoms with E-state index < -0.39 is 0 Å². The summed E-state index contributed by atoms with van der Waals surface area (Å²) in [4.78, 5) is 0. The molecule has 0 spiro atoms. The number of aromatic nitrogens is 1. The SMILES string of the molecule is CCCNCc1ccn(Cc2ccc(C)c(C)c2)c1. The molecule has 102 valence electrons. The van der Waals surface area contributed by atoms with Crippen molar-refractivity contribution in [1.82, 2.24) is 9.88 Å².